The predicted molar refractivity (Wildman–Crippen MR) is 70.3 cm³/mol. The van der Waals surface area contributed by atoms with Crippen LogP contribution in [-0.2, 0) is 0 Å². The molecule has 0 unspecified atom stereocenters. The van der Waals surface area contributed by atoms with E-state index in [2.05, 4.69) is 0 Å². The van der Waals surface area contributed by atoms with Gasteiger partial charge in [-0.2, -0.15) is 0 Å². The molecule has 0 aliphatic heterocycles. The first-order chi connectivity index (χ1) is 8.56. The zero-order chi connectivity index (χ0) is 13.1. The van der Waals surface area contributed by atoms with Crippen molar-refractivity contribution >= 4 is 17.3 Å². The van der Waals surface area contributed by atoms with Gasteiger partial charge in [0.1, 0.15) is 11.5 Å². The molecule has 0 bridgehead atoms. The van der Waals surface area contributed by atoms with Crippen molar-refractivity contribution < 1.29 is 9.53 Å². The highest BCUT2D eigenvalue weighted by Gasteiger charge is 2.04. The van der Waals surface area contributed by atoms with Crippen LogP contribution in [0.5, 0.6) is 11.5 Å². The molecule has 5 heteroatoms. The number of carbonyl (C=O) groups is 1. The highest BCUT2D eigenvalue weighted by molar-refractivity contribution is 5.93. The van der Waals surface area contributed by atoms with Gasteiger partial charge in [0.05, 0.1) is 11.4 Å². The largest absolute Gasteiger partial charge is 0.457 e. The molecule has 5 nitrogen and oxygen atoms in total. The van der Waals surface area contributed by atoms with Crippen molar-refractivity contribution in [3.63, 3.8) is 0 Å². The van der Waals surface area contributed by atoms with Gasteiger partial charge in [0.2, 0.25) is 5.91 Å². The molecule has 6 N–H and O–H groups in total. The Labute approximate surface area is 104 Å². The Balaban J connectivity index is 2.25. The van der Waals surface area contributed by atoms with Crippen molar-refractivity contribution in [1.29, 1.82) is 0 Å². The second-order valence-electron chi connectivity index (χ2n) is 3.78. The Bertz CT molecular complexity index is 597. The fourth-order valence-electron chi connectivity index (χ4n) is 1.47. The zero-order valence-corrected chi connectivity index (χ0v) is 9.59. The van der Waals surface area contributed by atoms with Crippen LogP contribution in [-0.4, -0.2) is 5.91 Å². The number of primary amides is 1. The summed E-state index contributed by atoms with van der Waals surface area (Å²) in [4.78, 5) is 11.0. The van der Waals surface area contributed by atoms with Gasteiger partial charge in [0, 0.05) is 11.6 Å². The fraction of sp³-hybridized carbons (Fsp3) is 0. The summed E-state index contributed by atoms with van der Waals surface area (Å²) in [7, 11) is 0. The molecule has 0 heterocycles. The zero-order valence-electron chi connectivity index (χ0n) is 9.59. The number of ether oxygens (including phenoxy) is 1. The molecule has 0 fully saturated rings. The lowest BCUT2D eigenvalue weighted by Crippen LogP contribution is -2.10. The van der Waals surface area contributed by atoms with Gasteiger partial charge in [-0.1, -0.05) is 6.07 Å². The Hall–Kier alpha value is -2.69. The molecule has 0 spiro atoms. The number of rotatable bonds is 3. The molecular formula is C13H13N3O2. The normalized spacial score (nSPS) is 10.0. The van der Waals surface area contributed by atoms with E-state index in [1.165, 1.54) is 0 Å². The Kier molecular flexibility index (Phi) is 3.05. The number of nitrogen functional groups attached to an aromatic ring is 2. The van der Waals surface area contributed by atoms with Crippen molar-refractivity contribution in [2.24, 2.45) is 5.73 Å². The minimum atomic E-state index is -0.503. The average molecular weight is 243 g/mol. The molecule has 0 aliphatic carbocycles. The number of hydrogen-bond acceptors (Lipinski definition) is 4. The first-order valence-corrected chi connectivity index (χ1v) is 5.29. The van der Waals surface area contributed by atoms with E-state index in [4.69, 9.17) is 21.9 Å². The lowest BCUT2D eigenvalue weighted by molar-refractivity contribution is 0.1000. The SMILES string of the molecule is NC(=O)c1cccc(Oc2ccc(N)c(N)c2)c1. The maximum absolute atomic E-state index is 11.0. The van der Waals surface area contributed by atoms with Crippen molar-refractivity contribution in [1.82, 2.24) is 0 Å². The van der Waals surface area contributed by atoms with Crippen LogP contribution in [0, 0.1) is 0 Å². The second-order valence-corrected chi connectivity index (χ2v) is 3.78. The van der Waals surface area contributed by atoms with E-state index < -0.39 is 5.91 Å². The molecule has 0 aromatic heterocycles. The second kappa shape index (κ2) is 4.67. The minimum absolute atomic E-state index is 0.385. The van der Waals surface area contributed by atoms with Crippen LogP contribution in [0.15, 0.2) is 42.5 Å². The maximum Gasteiger partial charge on any atom is 0.248 e. The lowest BCUT2D eigenvalue weighted by atomic mass is 10.2. The average Bonchev–Trinajstić information content (AvgIpc) is 2.34. The minimum Gasteiger partial charge on any atom is -0.457 e. The van der Waals surface area contributed by atoms with E-state index >= 15 is 0 Å². The summed E-state index contributed by atoms with van der Waals surface area (Å²) in [5.41, 5.74) is 17.8. The van der Waals surface area contributed by atoms with Gasteiger partial charge in [-0.15, -0.1) is 0 Å². The van der Waals surface area contributed by atoms with Gasteiger partial charge in [0.25, 0.3) is 0 Å². The van der Waals surface area contributed by atoms with E-state index in [-0.39, 0.29) is 0 Å². The monoisotopic (exact) mass is 243 g/mol. The van der Waals surface area contributed by atoms with E-state index in [1.807, 2.05) is 0 Å². The molecule has 0 saturated carbocycles. The van der Waals surface area contributed by atoms with Crippen LogP contribution in [0.2, 0.25) is 0 Å². The van der Waals surface area contributed by atoms with Gasteiger partial charge in [-0.3, -0.25) is 4.79 Å². The Morgan fingerprint density at radius 3 is 2.33 bits per heavy atom. The number of nitrogens with two attached hydrogens (primary N) is 3. The third-order valence-corrected chi connectivity index (χ3v) is 2.41. The molecule has 18 heavy (non-hydrogen) atoms. The summed E-state index contributed by atoms with van der Waals surface area (Å²) in [5.74, 6) is 0.552. The smallest absolute Gasteiger partial charge is 0.248 e. The van der Waals surface area contributed by atoms with Crippen LogP contribution in [0.3, 0.4) is 0 Å². The van der Waals surface area contributed by atoms with Crippen molar-refractivity contribution in [2.75, 3.05) is 11.5 Å². The van der Waals surface area contributed by atoms with Gasteiger partial charge in [0.15, 0.2) is 0 Å². The highest BCUT2D eigenvalue weighted by atomic mass is 16.5. The topological polar surface area (TPSA) is 104 Å². The summed E-state index contributed by atoms with van der Waals surface area (Å²) in [5, 5.41) is 0. The number of amides is 1. The van der Waals surface area contributed by atoms with Crippen LogP contribution >= 0.6 is 0 Å². The van der Waals surface area contributed by atoms with Gasteiger partial charge < -0.3 is 21.9 Å². The van der Waals surface area contributed by atoms with Crippen molar-refractivity contribution in [3.05, 3.63) is 48.0 Å². The molecular weight excluding hydrogens is 230 g/mol. The third-order valence-electron chi connectivity index (χ3n) is 2.41. The van der Waals surface area contributed by atoms with E-state index in [9.17, 15) is 4.79 Å². The number of anilines is 2. The van der Waals surface area contributed by atoms with E-state index in [0.29, 0.717) is 28.4 Å². The van der Waals surface area contributed by atoms with Crippen LogP contribution in [0.1, 0.15) is 10.4 Å². The molecule has 92 valence electrons. The summed E-state index contributed by atoms with van der Waals surface area (Å²) < 4.78 is 5.56. The number of hydrogen-bond donors (Lipinski definition) is 3. The summed E-state index contributed by atoms with van der Waals surface area (Å²) in [6.45, 7) is 0. The van der Waals surface area contributed by atoms with E-state index in [0.717, 1.165) is 0 Å². The number of benzene rings is 2. The third kappa shape index (κ3) is 2.52. The van der Waals surface area contributed by atoms with Gasteiger partial charge in [-0.25, -0.2) is 0 Å². The summed E-state index contributed by atoms with van der Waals surface area (Å²) in [6.07, 6.45) is 0. The standard InChI is InChI=1S/C13H13N3O2/c14-11-5-4-10(7-12(11)15)18-9-3-1-2-8(6-9)13(16)17/h1-7H,14-15H2,(H2,16,17). The predicted octanol–water partition coefficient (Wildman–Crippen LogP) is 1.74. The molecule has 1 amide bonds. The van der Waals surface area contributed by atoms with Crippen molar-refractivity contribution in [3.8, 4) is 11.5 Å². The van der Waals surface area contributed by atoms with Gasteiger partial charge in [-0.05, 0) is 30.3 Å². The molecule has 0 aliphatic rings. The lowest BCUT2D eigenvalue weighted by Gasteiger charge is -2.08. The Morgan fingerprint density at radius 2 is 1.67 bits per heavy atom. The first-order valence-electron chi connectivity index (χ1n) is 5.29. The first kappa shape index (κ1) is 11.8. The fourth-order valence-corrected chi connectivity index (χ4v) is 1.47. The van der Waals surface area contributed by atoms with E-state index in [1.54, 1.807) is 42.5 Å². The molecule has 0 saturated heterocycles. The molecule has 2 rings (SSSR count). The molecule has 2 aromatic carbocycles. The summed E-state index contributed by atoms with van der Waals surface area (Å²) in [6, 6.07) is 11.6. The maximum atomic E-state index is 11.0. The Morgan fingerprint density at radius 1 is 0.944 bits per heavy atom. The number of carbonyl (C=O) groups excluding carboxylic acids is 1. The van der Waals surface area contributed by atoms with Gasteiger partial charge >= 0.3 is 0 Å². The molecule has 0 radical (unpaired) electrons. The molecule has 2 aromatic rings. The summed E-state index contributed by atoms with van der Waals surface area (Å²) >= 11 is 0. The van der Waals surface area contributed by atoms with Crippen molar-refractivity contribution in [2.45, 2.75) is 0 Å². The quantitative estimate of drug-likeness (QED) is 0.714. The molecule has 0 atom stereocenters. The van der Waals surface area contributed by atoms with Crippen LogP contribution in [0.25, 0.3) is 0 Å². The van der Waals surface area contributed by atoms with Crippen LogP contribution in [0.4, 0.5) is 11.4 Å². The van der Waals surface area contributed by atoms with Crippen LogP contribution < -0.4 is 21.9 Å². The highest BCUT2D eigenvalue weighted by Crippen LogP contribution is 2.26.